The zero-order chi connectivity index (χ0) is 11.3. The van der Waals surface area contributed by atoms with Crippen LogP contribution in [-0.4, -0.2) is 21.0 Å². The lowest BCUT2D eigenvalue weighted by Gasteiger charge is -2.00. The second-order valence-corrected chi connectivity index (χ2v) is 5.01. The molecular formula is C10H11ClO3S. The molecule has 0 aliphatic rings. The first-order valence-corrected chi connectivity index (χ1v) is 6.15. The van der Waals surface area contributed by atoms with Crippen molar-refractivity contribution in [1.29, 1.82) is 0 Å². The topological polar surface area (TPSA) is 54.4 Å². The average molecular weight is 247 g/mol. The van der Waals surface area contributed by atoms with E-state index in [2.05, 4.69) is 0 Å². The van der Waals surface area contributed by atoms with Crippen molar-refractivity contribution in [3.63, 3.8) is 0 Å². The molecule has 0 saturated heterocycles. The molecule has 15 heavy (non-hydrogen) atoms. The first-order valence-electron chi connectivity index (χ1n) is 4.45. The normalized spacial score (nSPS) is 12.3. The van der Waals surface area contributed by atoms with E-state index in [0.29, 0.717) is 22.1 Å². The summed E-state index contributed by atoms with van der Waals surface area (Å²) in [5.41, 5.74) is 0. The summed E-state index contributed by atoms with van der Waals surface area (Å²) in [5, 5.41) is 9.02. The number of rotatable bonds is 5. The van der Waals surface area contributed by atoms with Crippen LogP contribution in [0.15, 0.2) is 29.2 Å². The second kappa shape index (κ2) is 5.88. The van der Waals surface area contributed by atoms with Gasteiger partial charge in [-0.3, -0.25) is 9.00 Å². The maximum atomic E-state index is 11.6. The fourth-order valence-corrected chi connectivity index (χ4v) is 2.27. The fourth-order valence-electron chi connectivity index (χ4n) is 1.06. The lowest BCUT2D eigenvalue weighted by atomic mass is 10.3. The van der Waals surface area contributed by atoms with Gasteiger partial charge in [0.15, 0.2) is 0 Å². The van der Waals surface area contributed by atoms with Gasteiger partial charge < -0.3 is 5.11 Å². The zero-order valence-corrected chi connectivity index (χ0v) is 9.55. The van der Waals surface area contributed by atoms with Gasteiger partial charge in [0.25, 0.3) is 0 Å². The summed E-state index contributed by atoms with van der Waals surface area (Å²) in [5.74, 6) is -0.489. The molecule has 3 nitrogen and oxygen atoms in total. The highest BCUT2D eigenvalue weighted by Crippen LogP contribution is 2.13. The molecule has 0 saturated carbocycles. The van der Waals surface area contributed by atoms with Crippen molar-refractivity contribution in [2.45, 2.75) is 17.7 Å². The Hall–Kier alpha value is -0.870. The van der Waals surface area contributed by atoms with Crippen LogP contribution in [0, 0.1) is 0 Å². The summed E-state index contributed by atoms with van der Waals surface area (Å²) in [6, 6.07) is 6.73. The van der Waals surface area contributed by atoms with Crippen molar-refractivity contribution in [1.82, 2.24) is 0 Å². The maximum Gasteiger partial charge on any atom is 0.303 e. The van der Waals surface area contributed by atoms with E-state index in [-0.39, 0.29) is 6.42 Å². The molecule has 1 unspecified atom stereocenters. The third-order valence-corrected chi connectivity index (χ3v) is 3.51. The van der Waals surface area contributed by atoms with E-state index < -0.39 is 16.8 Å². The molecule has 1 atom stereocenters. The van der Waals surface area contributed by atoms with Crippen molar-refractivity contribution in [2.24, 2.45) is 0 Å². The molecule has 0 aliphatic carbocycles. The Balaban J connectivity index is 2.47. The summed E-state index contributed by atoms with van der Waals surface area (Å²) < 4.78 is 11.6. The summed E-state index contributed by atoms with van der Waals surface area (Å²) in [7, 11) is -1.13. The number of hydrogen-bond acceptors (Lipinski definition) is 2. The van der Waals surface area contributed by atoms with E-state index in [4.69, 9.17) is 16.7 Å². The molecule has 0 radical (unpaired) electrons. The molecule has 0 aromatic heterocycles. The van der Waals surface area contributed by atoms with Gasteiger partial charge in [-0.1, -0.05) is 11.6 Å². The predicted molar refractivity (Wildman–Crippen MR) is 59.6 cm³/mol. The SMILES string of the molecule is O=C(O)CCCS(=O)c1ccc(Cl)cc1. The van der Waals surface area contributed by atoms with Gasteiger partial charge in [0.1, 0.15) is 0 Å². The number of halogens is 1. The van der Waals surface area contributed by atoms with E-state index in [1.807, 2.05) is 0 Å². The van der Waals surface area contributed by atoms with E-state index in [1.54, 1.807) is 24.3 Å². The Morgan fingerprint density at radius 3 is 2.47 bits per heavy atom. The largest absolute Gasteiger partial charge is 0.481 e. The molecular weight excluding hydrogens is 236 g/mol. The molecule has 0 bridgehead atoms. The smallest absolute Gasteiger partial charge is 0.303 e. The molecule has 0 fully saturated rings. The van der Waals surface area contributed by atoms with Crippen LogP contribution in [0.25, 0.3) is 0 Å². The summed E-state index contributed by atoms with van der Waals surface area (Å²) in [4.78, 5) is 10.9. The minimum absolute atomic E-state index is 0.0549. The van der Waals surface area contributed by atoms with Crippen LogP contribution < -0.4 is 0 Å². The highest BCUT2D eigenvalue weighted by molar-refractivity contribution is 7.85. The number of carboxylic acid groups (broad SMARTS) is 1. The first kappa shape index (κ1) is 12.2. The van der Waals surface area contributed by atoms with Crippen LogP contribution in [-0.2, 0) is 15.6 Å². The van der Waals surface area contributed by atoms with E-state index in [0.717, 1.165) is 0 Å². The third kappa shape index (κ3) is 4.44. The Labute approximate surface area is 95.5 Å². The Morgan fingerprint density at radius 2 is 1.93 bits per heavy atom. The van der Waals surface area contributed by atoms with E-state index in [1.165, 1.54) is 0 Å². The number of carboxylic acids is 1. The van der Waals surface area contributed by atoms with Crippen molar-refractivity contribution < 1.29 is 14.1 Å². The van der Waals surface area contributed by atoms with Gasteiger partial charge in [0, 0.05) is 22.1 Å². The van der Waals surface area contributed by atoms with Gasteiger partial charge >= 0.3 is 5.97 Å². The Morgan fingerprint density at radius 1 is 1.33 bits per heavy atom. The Kier molecular flexibility index (Phi) is 4.78. The molecule has 1 N–H and O–H groups in total. The minimum Gasteiger partial charge on any atom is -0.481 e. The van der Waals surface area contributed by atoms with Gasteiger partial charge in [0.2, 0.25) is 0 Å². The lowest BCUT2D eigenvalue weighted by molar-refractivity contribution is -0.137. The average Bonchev–Trinajstić information content (AvgIpc) is 2.18. The third-order valence-electron chi connectivity index (χ3n) is 1.80. The molecule has 0 amide bonds. The molecule has 5 heteroatoms. The van der Waals surface area contributed by atoms with Crippen molar-refractivity contribution in [3.05, 3.63) is 29.3 Å². The predicted octanol–water partition coefficient (Wildman–Crippen LogP) is 2.31. The van der Waals surface area contributed by atoms with Crippen LogP contribution in [0.3, 0.4) is 0 Å². The van der Waals surface area contributed by atoms with Gasteiger partial charge in [-0.2, -0.15) is 0 Å². The summed E-state index contributed by atoms with van der Waals surface area (Å²) >= 11 is 5.69. The minimum atomic E-state index is -1.13. The maximum absolute atomic E-state index is 11.6. The molecule has 1 aromatic rings. The van der Waals surface area contributed by atoms with Crippen molar-refractivity contribution in [3.8, 4) is 0 Å². The van der Waals surface area contributed by atoms with Crippen LogP contribution in [0.5, 0.6) is 0 Å². The molecule has 0 spiro atoms. The van der Waals surface area contributed by atoms with Gasteiger partial charge in [0.05, 0.1) is 10.8 Å². The first-order chi connectivity index (χ1) is 7.09. The standard InChI is InChI=1S/C10H11ClO3S/c11-8-3-5-9(6-4-8)15(14)7-1-2-10(12)13/h3-6H,1-2,7H2,(H,12,13). The fraction of sp³-hybridized carbons (Fsp3) is 0.300. The van der Waals surface area contributed by atoms with Gasteiger partial charge in [-0.05, 0) is 30.7 Å². The Bertz CT molecular complexity index is 361. The van der Waals surface area contributed by atoms with Crippen LogP contribution in [0.1, 0.15) is 12.8 Å². The van der Waals surface area contributed by atoms with Crippen LogP contribution >= 0.6 is 11.6 Å². The second-order valence-electron chi connectivity index (χ2n) is 3.00. The summed E-state index contributed by atoms with van der Waals surface area (Å²) in [6.45, 7) is 0. The van der Waals surface area contributed by atoms with Gasteiger partial charge in [-0.25, -0.2) is 0 Å². The summed E-state index contributed by atoms with van der Waals surface area (Å²) in [6.07, 6.45) is 0.476. The highest BCUT2D eigenvalue weighted by atomic mass is 35.5. The van der Waals surface area contributed by atoms with E-state index in [9.17, 15) is 9.00 Å². The molecule has 82 valence electrons. The number of aliphatic carboxylic acids is 1. The number of hydrogen-bond donors (Lipinski definition) is 1. The van der Waals surface area contributed by atoms with Gasteiger partial charge in [-0.15, -0.1) is 0 Å². The quantitative estimate of drug-likeness (QED) is 0.868. The van der Waals surface area contributed by atoms with E-state index >= 15 is 0 Å². The molecule has 0 heterocycles. The van der Waals surface area contributed by atoms with Crippen molar-refractivity contribution in [2.75, 3.05) is 5.75 Å². The van der Waals surface area contributed by atoms with Crippen LogP contribution in [0.4, 0.5) is 0 Å². The monoisotopic (exact) mass is 246 g/mol. The zero-order valence-electron chi connectivity index (χ0n) is 7.98. The lowest BCUT2D eigenvalue weighted by Crippen LogP contribution is -2.02. The number of benzene rings is 1. The van der Waals surface area contributed by atoms with Crippen LogP contribution in [0.2, 0.25) is 5.02 Å². The number of carbonyl (C=O) groups is 1. The van der Waals surface area contributed by atoms with Crippen molar-refractivity contribution >= 4 is 28.4 Å². The molecule has 1 rings (SSSR count). The molecule has 1 aromatic carbocycles. The molecule has 0 aliphatic heterocycles. The highest BCUT2D eigenvalue weighted by Gasteiger charge is 2.05.